The molecule has 0 saturated carbocycles. The number of β-lactam (4-membered cyclic amide) rings is 1. The van der Waals surface area contributed by atoms with E-state index in [-0.39, 0.29) is 11.1 Å². The van der Waals surface area contributed by atoms with Crippen molar-refractivity contribution in [2.45, 2.75) is 30.0 Å². The van der Waals surface area contributed by atoms with Gasteiger partial charge in [0, 0.05) is 11.5 Å². The van der Waals surface area contributed by atoms with E-state index < -0.39 is 17.9 Å². The van der Waals surface area contributed by atoms with Crippen LogP contribution < -0.4 is 26.9 Å². The molecule has 9 nitrogen and oxygen atoms in total. The Balaban J connectivity index is 1.87. The Labute approximate surface area is 152 Å². The first-order valence-electron chi connectivity index (χ1n) is 7.57. The molecule has 1 aromatic heterocycles. The highest BCUT2D eigenvalue weighted by Gasteiger charge is 2.50. The number of nitrogens with zero attached hydrogens (tertiary/aromatic N) is 3. The van der Waals surface area contributed by atoms with E-state index in [1.165, 1.54) is 28.4 Å². The predicted octanol–water partition coefficient (Wildman–Crippen LogP) is -2.11. The SMILES string of the molecule is CC[n+]1c(N)cc(N)nc1SCC1=C(C(=O)[O-])N2C(=O)C(N)C2SC1. The second kappa shape index (κ2) is 6.73. The molecule has 0 aliphatic carbocycles. The highest BCUT2D eigenvalue weighted by atomic mass is 32.2. The Morgan fingerprint density at radius 3 is 2.92 bits per heavy atom. The van der Waals surface area contributed by atoms with E-state index in [4.69, 9.17) is 17.2 Å². The molecule has 1 amide bonds. The fourth-order valence-electron chi connectivity index (χ4n) is 2.80. The van der Waals surface area contributed by atoms with Crippen molar-refractivity contribution in [1.82, 2.24) is 9.88 Å². The van der Waals surface area contributed by atoms with Crippen LogP contribution in [0.25, 0.3) is 0 Å². The van der Waals surface area contributed by atoms with Crippen molar-refractivity contribution in [3.8, 4) is 0 Å². The van der Waals surface area contributed by atoms with E-state index in [9.17, 15) is 14.7 Å². The molecular weight excluding hydrogens is 364 g/mol. The summed E-state index contributed by atoms with van der Waals surface area (Å²) in [5.74, 6) is -0.201. The molecule has 25 heavy (non-hydrogen) atoms. The van der Waals surface area contributed by atoms with Crippen LogP contribution in [0.15, 0.2) is 22.5 Å². The molecule has 3 heterocycles. The molecule has 0 bridgehead atoms. The lowest BCUT2D eigenvalue weighted by atomic mass is 10.0. The maximum Gasteiger partial charge on any atom is 0.301 e. The molecule has 6 N–H and O–H groups in total. The van der Waals surface area contributed by atoms with E-state index in [2.05, 4.69) is 4.98 Å². The molecule has 3 rings (SSSR count). The molecule has 2 unspecified atom stereocenters. The van der Waals surface area contributed by atoms with Gasteiger partial charge in [0.1, 0.15) is 11.4 Å². The van der Waals surface area contributed by atoms with Crippen LogP contribution >= 0.6 is 23.5 Å². The monoisotopic (exact) mass is 382 g/mol. The minimum Gasteiger partial charge on any atom is -0.543 e. The fraction of sp³-hybridized carbons (Fsp3) is 0.429. The van der Waals surface area contributed by atoms with E-state index in [1.807, 2.05) is 6.92 Å². The fourth-order valence-corrected chi connectivity index (χ4v) is 5.33. The lowest BCUT2D eigenvalue weighted by molar-refractivity contribution is -0.719. The smallest absolute Gasteiger partial charge is 0.301 e. The van der Waals surface area contributed by atoms with Crippen LogP contribution in [0.3, 0.4) is 0 Å². The van der Waals surface area contributed by atoms with Crippen LogP contribution in [0.5, 0.6) is 0 Å². The number of carboxylic acid groups (broad SMARTS) is 1. The summed E-state index contributed by atoms with van der Waals surface area (Å²) in [7, 11) is 0. The number of anilines is 2. The number of nitrogens with two attached hydrogens (primary N) is 3. The Morgan fingerprint density at radius 1 is 1.56 bits per heavy atom. The summed E-state index contributed by atoms with van der Waals surface area (Å²) in [6.07, 6.45) is 0. The molecule has 1 fully saturated rings. The number of hydrogen-bond donors (Lipinski definition) is 3. The lowest BCUT2D eigenvalue weighted by Gasteiger charge is -2.49. The van der Waals surface area contributed by atoms with Crippen molar-refractivity contribution in [3.05, 3.63) is 17.3 Å². The summed E-state index contributed by atoms with van der Waals surface area (Å²) >= 11 is 2.76. The standard InChI is InChI=1S/C14H18N6O3S2/c1-2-19-8(16)3-7(15)18-14(19)25-5-6-4-24-12-9(17)11(21)20(12)10(6)13(22)23/h3,9,12H,2,4-5,17H2,1H3,(H4,15,16,22,23). The quantitative estimate of drug-likeness (QED) is 0.224. The molecular formula is C14H18N6O3S2. The van der Waals surface area contributed by atoms with Crippen LogP contribution in [0.1, 0.15) is 6.92 Å². The topological polar surface area (TPSA) is 155 Å². The van der Waals surface area contributed by atoms with E-state index in [1.54, 1.807) is 10.6 Å². The molecule has 0 aromatic carbocycles. The van der Waals surface area contributed by atoms with Crippen molar-refractivity contribution >= 4 is 47.0 Å². The second-order valence-corrected chi connectivity index (χ2v) is 7.64. The first-order chi connectivity index (χ1) is 11.8. The Hall–Kier alpha value is -1.98. The Kier molecular flexibility index (Phi) is 4.80. The van der Waals surface area contributed by atoms with Gasteiger partial charge < -0.3 is 27.1 Å². The summed E-state index contributed by atoms with van der Waals surface area (Å²) in [6, 6.07) is 0.909. The van der Waals surface area contributed by atoms with Crippen LogP contribution in [0.2, 0.25) is 0 Å². The van der Waals surface area contributed by atoms with Gasteiger partial charge in [-0.15, -0.1) is 11.8 Å². The predicted molar refractivity (Wildman–Crippen MR) is 92.8 cm³/mol. The van der Waals surface area contributed by atoms with E-state index in [0.29, 0.717) is 40.4 Å². The third-order valence-electron chi connectivity index (χ3n) is 4.04. The number of carbonyl (C=O) groups is 2. The number of thioether (sulfide) groups is 2. The number of carboxylic acids is 1. The number of aromatic nitrogens is 2. The maximum absolute atomic E-state index is 11.9. The van der Waals surface area contributed by atoms with Gasteiger partial charge >= 0.3 is 5.16 Å². The van der Waals surface area contributed by atoms with Crippen LogP contribution in [-0.2, 0) is 16.1 Å². The summed E-state index contributed by atoms with van der Waals surface area (Å²) in [6.45, 7) is 2.52. The van der Waals surface area contributed by atoms with Gasteiger partial charge in [-0.3, -0.25) is 9.69 Å². The van der Waals surface area contributed by atoms with Crippen molar-refractivity contribution in [1.29, 1.82) is 0 Å². The van der Waals surface area contributed by atoms with Gasteiger partial charge in [0.2, 0.25) is 17.5 Å². The third kappa shape index (κ3) is 3.02. The normalized spacial score (nSPS) is 22.6. The maximum atomic E-state index is 11.9. The minimum atomic E-state index is -1.37. The summed E-state index contributed by atoms with van der Waals surface area (Å²) in [4.78, 5) is 29.0. The molecule has 2 aliphatic heterocycles. The second-order valence-electron chi connectivity index (χ2n) is 5.60. The van der Waals surface area contributed by atoms with Gasteiger partial charge in [-0.2, -0.15) is 0 Å². The summed E-state index contributed by atoms with van der Waals surface area (Å²) in [5.41, 5.74) is 17.9. The molecule has 0 spiro atoms. The van der Waals surface area contributed by atoms with Crippen LogP contribution in [0.4, 0.5) is 11.6 Å². The summed E-state index contributed by atoms with van der Waals surface area (Å²) in [5, 5.41) is 11.8. The zero-order valence-electron chi connectivity index (χ0n) is 13.5. The van der Waals surface area contributed by atoms with Gasteiger partial charge in [0.15, 0.2) is 0 Å². The van der Waals surface area contributed by atoms with Crippen molar-refractivity contribution in [2.24, 2.45) is 5.73 Å². The van der Waals surface area contributed by atoms with Gasteiger partial charge in [-0.1, -0.05) is 4.98 Å². The van der Waals surface area contributed by atoms with Gasteiger partial charge in [0.05, 0.1) is 24.3 Å². The zero-order chi connectivity index (χ0) is 18.3. The average Bonchev–Trinajstić information content (AvgIpc) is 2.57. The molecule has 134 valence electrons. The number of hydrogen-bond acceptors (Lipinski definition) is 9. The molecule has 2 aliphatic rings. The van der Waals surface area contributed by atoms with Crippen molar-refractivity contribution < 1.29 is 19.3 Å². The minimum absolute atomic E-state index is 0.0807. The average molecular weight is 382 g/mol. The first-order valence-corrected chi connectivity index (χ1v) is 9.60. The Morgan fingerprint density at radius 2 is 2.28 bits per heavy atom. The first kappa shape index (κ1) is 17.8. The largest absolute Gasteiger partial charge is 0.543 e. The van der Waals surface area contributed by atoms with Gasteiger partial charge in [-0.25, -0.2) is 4.57 Å². The highest BCUT2D eigenvalue weighted by Crippen LogP contribution is 2.40. The van der Waals surface area contributed by atoms with Crippen LogP contribution in [0, 0.1) is 0 Å². The third-order valence-corrected chi connectivity index (χ3v) is 6.46. The van der Waals surface area contributed by atoms with Gasteiger partial charge in [0.25, 0.3) is 0 Å². The zero-order valence-corrected chi connectivity index (χ0v) is 15.1. The number of rotatable bonds is 5. The highest BCUT2D eigenvalue weighted by molar-refractivity contribution is 8.01. The molecule has 1 saturated heterocycles. The molecule has 1 aromatic rings. The lowest BCUT2D eigenvalue weighted by Crippen LogP contribution is -2.69. The molecule has 11 heteroatoms. The number of nitrogen functional groups attached to an aromatic ring is 2. The number of fused-ring (bicyclic) bond motifs is 1. The van der Waals surface area contributed by atoms with Gasteiger partial charge in [-0.05, 0) is 24.3 Å². The summed E-state index contributed by atoms with van der Waals surface area (Å²) < 4.78 is 1.78. The van der Waals surface area contributed by atoms with Crippen LogP contribution in [-0.4, -0.2) is 44.7 Å². The molecule has 2 atom stereocenters. The number of carbonyl (C=O) groups excluding carboxylic acids is 2. The number of amides is 1. The van der Waals surface area contributed by atoms with Crippen molar-refractivity contribution in [2.75, 3.05) is 23.0 Å². The number of aliphatic carboxylic acids is 1. The Bertz CT molecular complexity index is 784. The van der Waals surface area contributed by atoms with E-state index in [0.717, 1.165) is 0 Å². The van der Waals surface area contributed by atoms with Crippen molar-refractivity contribution in [3.63, 3.8) is 0 Å². The molecule has 0 radical (unpaired) electrons. The van der Waals surface area contributed by atoms with E-state index >= 15 is 0 Å².